The molecule has 1 aliphatic rings. The van der Waals surface area contributed by atoms with Crippen molar-refractivity contribution in [3.8, 4) is 0 Å². The SMILES string of the molecule is CN1CCNC[CH]1[Zn]. The van der Waals surface area contributed by atoms with E-state index in [-0.39, 0.29) is 0 Å². The topological polar surface area (TPSA) is 15.3 Å². The molecule has 1 saturated heterocycles. The summed E-state index contributed by atoms with van der Waals surface area (Å²) in [5.74, 6) is 0. The van der Waals surface area contributed by atoms with Crippen molar-refractivity contribution in [3.05, 3.63) is 0 Å². The number of piperazine rings is 1. The molecule has 0 bridgehead atoms. The number of hydrogen-bond donors (Lipinski definition) is 1. The molecule has 1 aliphatic heterocycles. The van der Waals surface area contributed by atoms with Gasteiger partial charge in [-0.2, -0.15) is 0 Å². The second-order valence-electron chi connectivity index (χ2n) is 2.34. The van der Waals surface area contributed by atoms with E-state index < -0.39 is 0 Å². The molecular formula is C5H11N2Zn. The number of rotatable bonds is 0. The van der Waals surface area contributed by atoms with Gasteiger partial charge in [-0.1, -0.05) is 0 Å². The maximum absolute atomic E-state index is 3.35. The minimum atomic E-state index is 0.851. The quantitative estimate of drug-likeness (QED) is 0.481. The van der Waals surface area contributed by atoms with Gasteiger partial charge in [0, 0.05) is 0 Å². The van der Waals surface area contributed by atoms with Crippen LogP contribution in [-0.2, 0) is 18.3 Å². The Morgan fingerprint density at radius 3 is 2.88 bits per heavy atom. The molecule has 1 heterocycles. The fourth-order valence-corrected chi connectivity index (χ4v) is 1.67. The molecule has 0 aliphatic carbocycles. The molecule has 0 amide bonds. The zero-order chi connectivity index (χ0) is 5.98. The van der Waals surface area contributed by atoms with E-state index in [0.29, 0.717) is 0 Å². The first-order chi connectivity index (χ1) is 3.80. The molecule has 8 heavy (non-hydrogen) atoms. The van der Waals surface area contributed by atoms with Crippen LogP contribution in [0.15, 0.2) is 0 Å². The van der Waals surface area contributed by atoms with Crippen LogP contribution in [0.2, 0.25) is 0 Å². The van der Waals surface area contributed by atoms with Crippen LogP contribution in [0.3, 0.4) is 0 Å². The van der Waals surface area contributed by atoms with E-state index in [1.54, 1.807) is 0 Å². The summed E-state index contributed by atoms with van der Waals surface area (Å²) < 4.78 is 0.851. The van der Waals surface area contributed by atoms with E-state index in [1.807, 2.05) is 0 Å². The van der Waals surface area contributed by atoms with E-state index in [4.69, 9.17) is 0 Å². The van der Waals surface area contributed by atoms with E-state index >= 15 is 0 Å². The van der Waals surface area contributed by atoms with Crippen LogP contribution < -0.4 is 5.32 Å². The van der Waals surface area contributed by atoms with Crippen molar-refractivity contribution in [1.29, 1.82) is 0 Å². The molecule has 0 radical (unpaired) electrons. The summed E-state index contributed by atoms with van der Waals surface area (Å²) >= 11 is 1.39. The summed E-state index contributed by atoms with van der Waals surface area (Å²) in [5, 5.41) is 3.35. The Balaban J connectivity index is 2.28. The van der Waals surface area contributed by atoms with Crippen molar-refractivity contribution in [1.82, 2.24) is 10.2 Å². The minimum absolute atomic E-state index is 0.851. The van der Waals surface area contributed by atoms with Gasteiger partial charge in [0.1, 0.15) is 0 Å². The first kappa shape index (κ1) is 6.66. The molecule has 1 atom stereocenters. The summed E-state index contributed by atoms with van der Waals surface area (Å²) in [4.78, 5) is 2.43. The molecule has 0 saturated carbocycles. The van der Waals surface area contributed by atoms with Crippen molar-refractivity contribution >= 4 is 0 Å². The first-order valence-corrected chi connectivity index (χ1v) is 4.76. The molecule has 3 heteroatoms. The molecular weight excluding hydrogens is 153 g/mol. The molecule has 0 spiro atoms. The Labute approximate surface area is 60.3 Å². The van der Waals surface area contributed by atoms with Crippen LogP contribution in [0.1, 0.15) is 0 Å². The van der Waals surface area contributed by atoms with Crippen molar-refractivity contribution in [2.75, 3.05) is 26.7 Å². The summed E-state index contributed by atoms with van der Waals surface area (Å²) in [7, 11) is 2.20. The Bertz CT molecular complexity index is 66.8. The van der Waals surface area contributed by atoms with Gasteiger partial charge in [0.2, 0.25) is 0 Å². The second-order valence-corrected chi connectivity index (χ2v) is 4.32. The van der Waals surface area contributed by atoms with Gasteiger partial charge in [0.15, 0.2) is 0 Å². The van der Waals surface area contributed by atoms with E-state index in [0.717, 1.165) is 4.64 Å². The van der Waals surface area contributed by atoms with Gasteiger partial charge in [0.05, 0.1) is 0 Å². The zero-order valence-electron chi connectivity index (χ0n) is 5.35. The molecule has 1 rings (SSSR count). The third kappa shape index (κ3) is 1.51. The van der Waals surface area contributed by atoms with Crippen LogP contribution in [0.4, 0.5) is 0 Å². The Hall–Kier alpha value is 0.543. The monoisotopic (exact) mass is 163 g/mol. The van der Waals surface area contributed by atoms with E-state index in [9.17, 15) is 0 Å². The van der Waals surface area contributed by atoms with Gasteiger partial charge in [-0.15, -0.1) is 0 Å². The normalized spacial score (nSPS) is 33.1. The predicted molar refractivity (Wildman–Crippen MR) is 29.3 cm³/mol. The van der Waals surface area contributed by atoms with Crippen LogP contribution in [0, 0.1) is 0 Å². The average molecular weight is 165 g/mol. The molecule has 1 N–H and O–H groups in total. The van der Waals surface area contributed by atoms with Crippen LogP contribution in [0.5, 0.6) is 0 Å². The summed E-state index contributed by atoms with van der Waals surface area (Å²) in [6.45, 7) is 3.61. The Morgan fingerprint density at radius 2 is 2.50 bits per heavy atom. The van der Waals surface area contributed by atoms with Crippen LogP contribution in [0.25, 0.3) is 0 Å². The van der Waals surface area contributed by atoms with Gasteiger partial charge in [0.25, 0.3) is 0 Å². The van der Waals surface area contributed by atoms with Gasteiger partial charge in [-0.05, 0) is 0 Å². The summed E-state index contributed by atoms with van der Waals surface area (Å²) in [5.41, 5.74) is 0. The van der Waals surface area contributed by atoms with Gasteiger partial charge in [-0.25, -0.2) is 0 Å². The molecule has 1 unspecified atom stereocenters. The predicted octanol–water partition coefficient (Wildman–Crippen LogP) is -0.606. The van der Waals surface area contributed by atoms with Crippen molar-refractivity contribution in [2.45, 2.75) is 4.64 Å². The Morgan fingerprint density at radius 1 is 1.75 bits per heavy atom. The fraction of sp³-hybridized carbons (Fsp3) is 1.00. The molecule has 2 nitrogen and oxygen atoms in total. The molecule has 0 aromatic rings. The van der Waals surface area contributed by atoms with Gasteiger partial charge >= 0.3 is 59.8 Å². The molecule has 0 aromatic heterocycles. The standard InChI is InChI=1S/C5H11N2.Zn/c1-7-4-2-6-3-5-7;/h4,6H,2-3,5H2,1H3;. The maximum atomic E-state index is 3.35. The Kier molecular flexibility index (Phi) is 2.42. The first-order valence-electron chi connectivity index (χ1n) is 3.05. The fourth-order valence-electron chi connectivity index (χ4n) is 0.862. The van der Waals surface area contributed by atoms with E-state index in [1.165, 1.54) is 37.9 Å². The third-order valence-corrected chi connectivity index (χ3v) is 3.56. The molecule has 0 aromatic carbocycles. The van der Waals surface area contributed by atoms with Crippen LogP contribution in [-0.4, -0.2) is 36.2 Å². The average Bonchev–Trinajstić information content (AvgIpc) is 1.77. The summed E-state index contributed by atoms with van der Waals surface area (Å²) in [6, 6.07) is 0. The number of nitrogens with zero attached hydrogens (tertiary/aromatic N) is 1. The van der Waals surface area contributed by atoms with Crippen molar-refractivity contribution < 1.29 is 18.3 Å². The van der Waals surface area contributed by atoms with Gasteiger partial charge < -0.3 is 0 Å². The number of likely N-dealkylation sites (N-methyl/N-ethyl adjacent to an activating group) is 1. The third-order valence-electron chi connectivity index (χ3n) is 1.64. The number of nitrogens with one attached hydrogen (secondary N) is 1. The summed E-state index contributed by atoms with van der Waals surface area (Å²) in [6.07, 6.45) is 0. The second kappa shape index (κ2) is 2.91. The van der Waals surface area contributed by atoms with Crippen molar-refractivity contribution in [3.63, 3.8) is 0 Å². The van der Waals surface area contributed by atoms with E-state index in [2.05, 4.69) is 17.3 Å². The van der Waals surface area contributed by atoms with Crippen molar-refractivity contribution in [2.24, 2.45) is 0 Å². The zero-order valence-corrected chi connectivity index (χ0v) is 8.32. The van der Waals surface area contributed by atoms with Gasteiger partial charge in [-0.3, -0.25) is 0 Å². The number of hydrogen-bond acceptors (Lipinski definition) is 2. The molecule has 43 valence electrons. The molecule has 1 fully saturated rings. The van der Waals surface area contributed by atoms with Crippen LogP contribution >= 0.6 is 0 Å².